The average Bonchev–Trinajstić information content (AvgIpc) is 2.11. The van der Waals surface area contributed by atoms with Crippen LogP contribution in [0.5, 0.6) is 0 Å². The summed E-state index contributed by atoms with van der Waals surface area (Å²) >= 11 is 0. The normalized spacial score (nSPS) is 20.2. The summed E-state index contributed by atoms with van der Waals surface area (Å²) in [5, 5.41) is 2.89. The molecule has 1 fully saturated rings. The quantitative estimate of drug-likeness (QED) is 0.588. The monoisotopic (exact) mass is 170 g/mol. The first-order valence-electron chi connectivity index (χ1n) is 4.57. The van der Waals surface area contributed by atoms with Gasteiger partial charge in [-0.1, -0.05) is 0 Å². The van der Waals surface area contributed by atoms with Crippen molar-refractivity contribution < 1.29 is 4.79 Å². The molecule has 0 atom stereocenters. The number of nitrogens with zero attached hydrogens (tertiary/aromatic N) is 1. The van der Waals surface area contributed by atoms with E-state index in [1.165, 1.54) is 0 Å². The maximum absolute atomic E-state index is 11.5. The third-order valence-corrected chi connectivity index (χ3v) is 2.14. The SMILES string of the molecule is CC(C)(C)N1CCCCNC1=O. The van der Waals surface area contributed by atoms with E-state index < -0.39 is 0 Å². The van der Waals surface area contributed by atoms with Crippen LogP contribution in [0.15, 0.2) is 0 Å². The molecule has 1 rings (SSSR count). The fraction of sp³-hybridized carbons (Fsp3) is 0.889. The highest BCUT2D eigenvalue weighted by Crippen LogP contribution is 2.15. The third-order valence-electron chi connectivity index (χ3n) is 2.14. The molecule has 1 aliphatic heterocycles. The Morgan fingerprint density at radius 2 is 2.00 bits per heavy atom. The topological polar surface area (TPSA) is 32.3 Å². The second kappa shape index (κ2) is 3.33. The molecule has 0 radical (unpaired) electrons. The summed E-state index contributed by atoms with van der Waals surface area (Å²) in [5.74, 6) is 0. The summed E-state index contributed by atoms with van der Waals surface area (Å²) in [6.45, 7) is 7.91. The zero-order valence-corrected chi connectivity index (χ0v) is 8.18. The Balaban J connectivity index is 2.66. The van der Waals surface area contributed by atoms with Crippen molar-refractivity contribution in [2.24, 2.45) is 0 Å². The van der Waals surface area contributed by atoms with Crippen LogP contribution < -0.4 is 5.32 Å². The van der Waals surface area contributed by atoms with E-state index in [1.807, 2.05) is 4.90 Å². The van der Waals surface area contributed by atoms with E-state index in [4.69, 9.17) is 0 Å². The number of hydrogen-bond donors (Lipinski definition) is 1. The minimum absolute atomic E-state index is 0.0472. The number of urea groups is 1. The van der Waals surface area contributed by atoms with Crippen molar-refractivity contribution in [3.8, 4) is 0 Å². The minimum Gasteiger partial charge on any atom is -0.338 e. The third kappa shape index (κ3) is 2.13. The van der Waals surface area contributed by atoms with Gasteiger partial charge in [0.15, 0.2) is 0 Å². The lowest BCUT2D eigenvalue weighted by Crippen LogP contribution is -2.49. The van der Waals surface area contributed by atoms with Crippen LogP contribution in [0.4, 0.5) is 4.79 Å². The molecule has 0 aromatic carbocycles. The van der Waals surface area contributed by atoms with Gasteiger partial charge in [0.1, 0.15) is 0 Å². The molecule has 70 valence electrons. The largest absolute Gasteiger partial charge is 0.338 e. The first kappa shape index (κ1) is 9.36. The molecule has 3 nitrogen and oxygen atoms in total. The summed E-state index contributed by atoms with van der Waals surface area (Å²) in [7, 11) is 0. The molecule has 12 heavy (non-hydrogen) atoms. The van der Waals surface area contributed by atoms with Crippen LogP contribution in [-0.2, 0) is 0 Å². The van der Waals surface area contributed by atoms with Gasteiger partial charge in [0, 0.05) is 18.6 Å². The zero-order valence-electron chi connectivity index (χ0n) is 8.18. The predicted molar refractivity (Wildman–Crippen MR) is 49.1 cm³/mol. The van der Waals surface area contributed by atoms with E-state index in [0.29, 0.717) is 0 Å². The van der Waals surface area contributed by atoms with Crippen molar-refractivity contribution >= 4 is 6.03 Å². The molecule has 3 heteroatoms. The summed E-state index contributed by atoms with van der Waals surface area (Å²) < 4.78 is 0. The van der Waals surface area contributed by atoms with E-state index >= 15 is 0 Å². The molecule has 0 aliphatic carbocycles. The van der Waals surface area contributed by atoms with Gasteiger partial charge in [-0.15, -0.1) is 0 Å². The number of carbonyl (C=O) groups excluding carboxylic acids is 1. The standard InChI is InChI=1S/C9H18N2O/c1-9(2,3)11-7-5-4-6-10-8(11)12/h4-7H2,1-3H3,(H,10,12). The minimum atomic E-state index is -0.0472. The van der Waals surface area contributed by atoms with Gasteiger partial charge in [0.05, 0.1) is 0 Å². The molecule has 0 bridgehead atoms. The van der Waals surface area contributed by atoms with Crippen LogP contribution >= 0.6 is 0 Å². The molecule has 2 amide bonds. The second-order valence-electron chi connectivity index (χ2n) is 4.26. The average molecular weight is 170 g/mol. The van der Waals surface area contributed by atoms with Crippen LogP contribution in [0.2, 0.25) is 0 Å². The molecule has 0 saturated carbocycles. The highest BCUT2D eigenvalue weighted by molar-refractivity contribution is 5.75. The van der Waals surface area contributed by atoms with Crippen LogP contribution in [0.1, 0.15) is 33.6 Å². The van der Waals surface area contributed by atoms with Crippen LogP contribution in [-0.4, -0.2) is 29.6 Å². The second-order valence-corrected chi connectivity index (χ2v) is 4.26. The van der Waals surface area contributed by atoms with E-state index in [9.17, 15) is 4.79 Å². The molecule has 1 N–H and O–H groups in total. The molecule has 0 aromatic rings. The van der Waals surface area contributed by atoms with E-state index in [0.717, 1.165) is 25.9 Å². The lowest BCUT2D eigenvalue weighted by Gasteiger charge is -2.34. The van der Waals surface area contributed by atoms with Crippen molar-refractivity contribution in [1.82, 2.24) is 10.2 Å². The molecule has 0 unspecified atom stereocenters. The van der Waals surface area contributed by atoms with Crippen molar-refractivity contribution in [3.05, 3.63) is 0 Å². The molecule has 0 spiro atoms. The van der Waals surface area contributed by atoms with Gasteiger partial charge in [-0.25, -0.2) is 4.79 Å². The molecular formula is C9H18N2O. The Labute approximate surface area is 74.1 Å². The summed E-state index contributed by atoms with van der Waals surface area (Å²) in [5.41, 5.74) is -0.0472. The lowest BCUT2D eigenvalue weighted by atomic mass is 10.1. The van der Waals surface area contributed by atoms with Crippen LogP contribution in [0, 0.1) is 0 Å². The number of nitrogens with one attached hydrogen (secondary N) is 1. The highest BCUT2D eigenvalue weighted by atomic mass is 16.2. The Bertz CT molecular complexity index is 172. The number of carbonyl (C=O) groups is 1. The first-order chi connectivity index (χ1) is 5.52. The molecule has 1 aliphatic rings. The Kier molecular flexibility index (Phi) is 2.60. The van der Waals surface area contributed by atoms with Crippen molar-refractivity contribution in [3.63, 3.8) is 0 Å². The summed E-state index contributed by atoms with van der Waals surface area (Å²) in [6.07, 6.45) is 2.20. The van der Waals surface area contributed by atoms with E-state index in [-0.39, 0.29) is 11.6 Å². The first-order valence-corrected chi connectivity index (χ1v) is 4.57. The Hall–Kier alpha value is -0.730. The van der Waals surface area contributed by atoms with Crippen molar-refractivity contribution in [2.75, 3.05) is 13.1 Å². The molecular weight excluding hydrogens is 152 g/mol. The maximum atomic E-state index is 11.5. The zero-order chi connectivity index (χ0) is 9.19. The summed E-state index contributed by atoms with van der Waals surface area (Å²) in [6, 6.07) is 0.0833. The van der Waals surface area contributed by atoms with Crippen LogP contribution in [0.3, 0.4) is 0 Å². The Morgan fingerprint density at radius 3 is 2.58 bits per heavy atom. The fourth-order valence-electron chi connectivity index (χ4n) is 1.43. The van der Waals surface area contributed by atoms with Crippen molar-refractivity contribution in [1.29, 1.82) is 0 Å². The predicted octanol–water partition coefficient (Wildman–Crippen LogP) is 1.59. The number of rotatable bonds is 0. The van der Waals surface area contributed by atoms with Gasteiger partial charge in [-0.2, -0.15) is 0 Å². The maximum Gasteiger partial charge on any atom is 0.317 e. The van der Waals surface area contributed by atoms with Crippen LogP contribution in [0.25, 0.3) is 0 Å². The van der Waals surface area contributed by atoms with E-state index in [2.05, 4.69) is 26.1 Å². The number of hydrogen-bond acceptors (Lipinski definition) is 1. The van der Waals surface area contributed by atoms with Gasteiger partial charge >= 0.3 is 6.03 Å². The Morgan fingerprint density at radius 1 is 1.33 bits per heavy atom. The molecule has 1 heterocycles. The number of amides is 2. The highest BCUT2D eigenvalue weighted by Gasteiger charge is 2.26. The van der Waals surface area contributed by atoms with Gasteiger partial charge < -0.3 is 10.2 Å². The van der Waals surface area contributed by atoms with E-state index in [1.54, 1.807) is 0 Å². The van der Waals surface area contributed by atoms with Crippen molar-refractivity contribution in [2.45, 2.75) is 39.2 Å². The molecule has 1 saturated heterocycles. The lowest BCUT2D eigenvalue weighted by molar-refractivity contribution is 0.150. The van der Waals surface area contributed by atoms with Gasteiger partial charge in [-0.3, -0.25) is 0 Å². The van der Waals surface area contributed by atoms with Gasteiger partial charge in [-0.05, 0) is 33.6 Å². The smallest absolute Gasteiger partial charge is 0.317 e. The van der Waals surface area contributed by atoms with Gasteiger partial charge in [0.25, 0.3) is 0 Å². The fourth-order valence-corrected chi connectivity index (χ4v) is 1.43. The summed E-state index contributed by atoms with van der Waals surface area (Å²) in [4.78, 5) is 13.4. The van der Waals surface area contributed by atoms with Gasteiger partial charge in [0.2, 0.25) is 0 Å². The molecule has 0 aromatic heterocycles.